The minimum atomic E-state index is -0.317. The fourth-order valence-electron chi connectivity index (χ4n) is 2.95. The van der Waals surface area contributed by atoms with E-state index in [1.807, 2.05) is 17.9 Å². The Morgan fingerprint density at radius 2 is 2.14 bits per heavy atom. The number of nitrogens with zero attached hydrogens (tertiary/aromatic N) is 2. The predicted molar refractivity (Wildman–Crippen MR) is 84.4 cm³/mol. The third-order valence-corrected chi connectivity index (χ3v) is 4.50. The van der Waals surface area contributed by atoms with Crippen molar-refractivity contribution in [3.63, 3.8) is 0 Å². The minimum Gasteiger partial charge on any atom is -0.333 e. The average molecular weight is 301 g/mol. The quantitative estimate of drug-likeness (QED) is 0.880. The molecule has 0 spiro atoms. The van der Waals surface area contributed by atoms with E-state index in [-0.39, 0.29) is 23.8 Å². The number of carbonyl (C=O) groups excluding carboxylic acids is 1. The Hall–Kier alpha value is -2.01. The largest absolute Gasteiger partial charge is 0.333 e. The first-order valence-electron chi connectivity index (χ1n) is 7.58. The van der Waals surface area contributed by atoms with Crippen molar-refractivity contribution in [1.82, 2.24) is 15.2 Å². The van der Waals surface area contributed by atoms with Crippen molar-refractivity contribution in [2.75, 3.05) is 13.1 Å². The van der Waals surface area contributed by atoms with Crippen molar-refractivity contribution < 1.29 is 9.18 Å². The number of aryl methyl sites for hydroxylation is 1. The first-order valence-corrected chi connectivity index (χ1v) is 7.58. The maximum atomic E-state index is 13.3. The molecule has 0 aliphatic carbocycles. The SMILES string of the molecule is Cc1nc2cc(F)ccc2cc1C(=O)N1CCNC(C)C1C. The van der Waals surface area contributed by atoms with E-state index in [0.717, 1.165) is 11.9 Å². The second-order valence-electron chi connectivity index (χ2n) is 5.94. The van der Waals surface area contributed by atoms with Crippen LogP contribution in [0.1, 0.15) is 29.9 Å². The third-order valence-electron chi connectivity index (χ3n) is 4.50. The molecule has 1 aromatic carbocycles. The van der Waals surface area contributed by atoms with Crippen LogP contribution in [-0.4, -0.2) is 41.0 Å². The van der Waals surface area contributed by atoms with Gasteiger partial charge in [0.05, 0.1) is 16.8 Å². The van der Waals surface area contributed by atoms with Gasteiger partial charge in [0.1, 0.15) is 5.82 Å². The Labute approximate surface area is 129 Å². The first-order chi connectivity index (χ1) is 10.5. The van der Waals surface area contributed by atoms with Gasteiger partial charge in [0.2, 0.25) is 0 Å². The summed E-state index contributed by atoms with van der Waals surface area (Å²) in [5, 5.41) is 4.15. The van der Waals surface area contributed by atoms with Gasteiger partial charge in [0, 0.05) is 36.6 Å². The lowest BCUT2D eigenvalue weighted by Gasteiger charge is -2.38. The monoisotopic (exact) mass is 301 g/mol. The van der Waals surface area contributed by atoms with Crippen LogP contribution in [0.15, 0.2) is 24.3 Å². The number of hydrogen-bond acceptors (Lipinski definition) is 3. The second kappa shape index (κ2) is 5.65. The van der Waals surface area contributed by atoms with Crippen LogP contribution >= 0.6 is 0 Å². The van der Waals surface area contributed by atoms with E-state index in [1.54, 1.807) is 13.0 Å². The molecular formula is C17H20FN3O. The van der Waals surface area contributed by atoms with E-state index < -0.39 is 0 Å². The highest BCUT2D eigenvalue weighted by Gasteiger charge is 2.29. The van der Waals surface area contributed by atoms with Gasteiger partial charge in [-0.25, -0.2) is 4.39 Å². The van der Waals surface area contributed by atoms with E-state index in [9.17, 15) is 9.18 Å². The normalized spacial score (nSPS) is 22.1. The number of benzene rings is 1. The molecule has 2 unspecified atom stereocenters. The number of pyridine rings is 1. The van der Waals surface area contributed by atoms with Crippen molar-refractivity contribution in [2.24, 2.45) is 0 Å². The number of rotatable bonds is 1. The highest BCUT2D eigenvalue weighted by molar-refractivity contribution is 5.98. The van der Waals surface area contributed by atoms with Crippen molar-refractivity contribution >= 4 is 16.8 Å². The van der Waals surface area contributed by atoms with Crippen LogP contribution in [0.5, 0.6) is 0 Å². The number of halogens is 1. The lowest BCUT2D eigenvalue weighted by molar-refractivity contribution is 0.0602. The van der Waals surface area contributed by atoms with Crippen molar-refractivity contribution in [3.8, 4) is 0 Å². The Kier molecular flexibility index (Phi) is 3.83. The molecular weight excluding hydrogens is 281 g/mol. The minimum absolute atomic E-state index is 0.00271. The number of fused-ring (bicyclic) bond motifs is 1. The molecule has 5 heteroatoms. The second-order valence-corrected chi connectivity index (χ2v) is 5.94. The lowest BCUT2D eigenvalue weighted by atomic mass is 10.0. The molecule has 22 heavy (non-hydrogen) atoms. The van der Waals surface area contributed by atoms with Gasteiger partial charge < -0.3 is 10.2 Å². The van der Waals surface area contributed by atoms with Crippen LogP contribution in [0.4, 0.5) is 4.39 Å². The molecule has 3 rings (SSSR count). The summed E-state index contributed by atoms with van der Waals surface area (Å²) in [5.41, 5.74) is 1.82. The zero-order valence-corrected chi connectivity index (χ0v) is 13.1. The molecule has 116 valence electrons. The molecule has 2 heterocycles. The zero-order valence-electron chi connectivity index (χ0n) is 13.1. The average Bonchev–Trinajstić information content (AvgIpc) is 2.48. The molecule has 2 aromatic rings. The smallest absolute Gasteiger partial charge is 0.256 e. The van der Waals surface area contributed by atoms with Gasteiger partial charge in [-0.05, 0) is 39.0 Å². The maximum absolute atomic E-state index is 13.3. The van der Waals surface area contributed by atoms with Gasteiger partial charge in [-0.2, -0.15) is 0 Å². The van der Waals surface area contributed by atoms with Crippen LogP contribution in [0.3, 0.4) is 0 Å². The van der Waals surface area contributed by atoms with E-state index in [4.69, 9.17) is 0 Å². The van der Waals surface area contributed by atoms with Gasteiger partial charge in [0.25, 0.3) is 5.91 Å². The summed E-state index contributed by atoms with van der Waals surface area (Å²) in [7, 11) is 0. The van der Waals surface area contributed by atoms with Gasteiger partial charge in [-0.1, -0.05) is 0 Å². The van der Waals surface area contributed by atoms with Crippen LogP contribution in [0.2, 0.25) is 0 Å². The van der Waals surface area contributed by atoms with Crippen LogP contribution in [0, 0.1) is 12.7 Å². The lowest BCUT2D eigenvalue weighted by Crippen LogP contribution is -2.57. The van der Waals surface area contributed by atoms with Gasteiger partial charge in [-0.15, -0.1) is 0 Å². The molecule has 0 radical (unpaired) electrons. The maximum Gasteiger partial charge on any atom is 0.256 e. The summed E-state index contributed by atoms with van der Waals surface area (Å²) in [6, 6.07) is 6.66. The summed E-state index contributed by atoms with van der Waals surface area (Å²) in [5.74, 6) is -0.319. The Bertz CT molecular complexity index is 731. The Balaban J connectivity index is 2.00. The number of amides is 1. The Morgan fingerprint density at radius 3 is 2.91 bits per heavy atom. The summed E-state index contributed by atoms with van der Waals surface area (Å²) < 4.78 is 13.3. The summed E-state index contributed by atoms with van der Waals surface area (Å²) >= 11 is 0. The standard InChI is InChI=1S/C17H20FN3O/c1-10-12(3)21(7-6-19-10)17(22)15-8-13-4-5-14(18)9-16(13)20-11(15)2/h4-5,8-10,12,19H,6-7H2,1-3H3. The van der Waals surface area contributed by atoms with E-state index >= 15 is 0 Å². The molecule has 1 aliphatic rings. The van der Waals surface area contributed by atoms with Crippen molar-refractivity contribution in [3.05, 3.63) is 41.3 Å². The van der Waals surface area contributed by atoms with Crippen LogP contribution < -0.4 is 5.32 Å². The highest BCUT2D eigenvalue weighted by atomic mass is 19.1. The summed E-state index contributed by atoms with van der Waals surface area (Å²) in [4.78, 5) is 19.2. The van der Waals surface area contributed by atoms with Gasteiger partial charge in [0.15, 0.2) is 0 Å². The van der Waals surface area contributed by atoms with Crippen LogP contribution in [0.25, 0.3) is 10.9 Å². The summed E-state index contributed by atoms with van der Waals surface area (Å²) in [6.45, 7) is 7.41. The molecule has 1 aromatic heterocycles. The fourth-order valence-corrected chi connectivity index (χ4v) is 2.95. The van der Waals surface area contributed by atoms with E-state index in [2.05, 4.69) is 17.2 Å². The van der Waals surface area contributed by atoms with Gasteiger partial charge in [-0.3, -0.25) is 9.78 Å². The molecule has 1 aliphatic heterocycles. The summed E-state index contributed by atoms with van der Waals surface area (Å²) in [6.07, 6.45) is 0. The number of carbonyl (C=O) groups is 1. The number of nitrogens with one attached hydrogen (secondary N) is 1. The fraction of sp³-hybridized carbons (Fsp3) is 0.412. The molecule has 1 amide bonds. The number of aromatic nitrogens is 1. The predicted octanol–water partition coefficient (Wildman–Crippen LogP) is 2.50. The Morgan fingerprint density at radius 1 is 1.36 bits per heavy atom. The molecule has 4 nitrogen and oxygen atoms in total. The van der Waals surface area contributed by atoms with E-state index in [1.165, 1.54) is 12.1 Å². The molecule has 1 N–H and O–H groups in total. The van der Waals surface area contributed by atoms with Crippen molar-refractivity contribution in [2.45, 2.75) is 32.9 Å². The van der Waals surface area contributed by atoms with Crippen molar-refractivity contribution in [1.29, 1.82) is 0 Å². The molecule has 0 bridgehead atoms. The number of hydrogen-bond donors (Lipinski definition) is 1. The molecule has 1 saturated heterocycles. The molecule has 1 fully saturated rings. The highest BCUT2D eigenvalue weighted by Crippen LogP contribution is 2.21. The molecule has 2 atom stereocenters. The van der Waals surface area contributed by atoms with E-state index in [0.29, 0.717) is 23.3 Å². The number of piperazine rings is 1. The third kappa shape index (κ3) is 2.57. The first kappa shape index (κ1) is 14.9. The molecule has 0 saturated carbocycles. The van der Waals surface area contributed by atoms with Gasteiger partial charge >= 0.3 is 0 Å². The topological polar surface area (TPSA) is 45.2 Å². The zero-order chi connectivity index (χ0) is 15.9. The van der Waals surface area contributed by atoms with Crippen LogP contribution in [-0.2, 0) is 0 Å².